The highest BCUT2D eigenvalue weighted by Gasteiger charge is 2.20. The molecule has 0 aliphatic carbocycles. The van der Waals surface area contributed by atoms with E-state index < -0.39 is 0 Å². The van der Waals surface area contributed by atoms with Crippen LogP contribution >= 0.6 is 0 Å². The zero-order chi connectivity index (χ0) is 20.6. The summed E-state index contributed by atoms with van der Waals surface area (Å²) < 4.78 is 0. The number of carbonyl (C=O) groups is 1. The molecule has 0 radical (unpaired) electrons. The number of aryl methyl sites for hydroxylation is 1. The number of amides is 1. The molecule has 2 aromatic carbocycles. The molecule has 2 aromatic rings. The van der Waals surface area contributed by atoms with Crippen molar-refractivity contribution in [1.29, 1.82) is 0 Å². The third-order valence-electron chi connectivity index (χ3n) is 5.28. The maximum Gasteiger partial charge on any atom is 0.269 e. The second-order valence-corrected chi connectivity index (χ2v) is 7.53. The Morgan fingerprint density at radius 3 is 2.34 bits per heavy atom. The Morgan fingerprint density at radius 2 is 1.72 bits per heavy atom. The SMILES string of the molecule is C[C@H](CCc1ccccc1)NC(=O)CN1CCN(c2ccc([N+](=O)[O-])cc2)CC1. The molecule has 0 unspecified atom stereocenters. The van der Waals surface area contributed by atoms with Crippen LogP contribution in [-0.2, 0) is 11.2 Å². The Hall–Kier alpha value is -2.93. The summed E-state index contributed by atoms with van der Waals surface area (Å²) in [5.74, 6) is 0.0642. The number of benzene rings is 2. The average Bonchev–Trinajstić information content (AvgIpc) is 2.73. The van der Waals surface area contributed by atoms with Gasteiger partial charge in [0.15, 0.2) is 0 Å². The summed E-state index contributed by atoms with van der Waals surface area (Å²) in [6.45, 7) is 5.64. The number of nitrogens with one attached hydrogen (secondary N) is 1. The molecule has 0 spiro atoms. The molecule has 0 bridgehead atoms. The monoisotopic (exact) mass is 396 g/mol. The summed E-state index contributed by atoms with van der Waals surface area (Å²) >= 11 is 0. The lowest BCUT2D eigenvalue weighted by molar-refractivity contribution is -0.384. The first-order valence-electron chi connectivity index (χ1n) is 10.1. The Balaban J connectivity index is 1.38. The average molecular weight is 396 g/mol. The lowest BCUT2D eigenvalue weighted by atomic mass is 10.1. The van der Waals surface area contributed by atoms with Crippen LogP contribution in [-0.4, -0.2) is 54.5 Å². The molecular formula is C22H28N4O3. The Morgan fingerprint density at radius 1 is 1.07 bits per heavy atom. The molecule has 1 heterocycles. The number of anilines is 1. The number of nitro groups is 1. The molecule has 1 saturated heterocycles. The first kappa shape index (κ1) is 20.8. The van der Waals surface area contributed by atoms with Crippen molar-refractivity contribution in [3.63, 3.8) is 0 Å². The number of hydrogen-bond acceptors (Lipinski definition) is 5. The van der Waals surface area contributed by atoms with Gasteiger partial charge in [-0.2, -0.15) is 0 Å². The molecule has 1 N–H and O–H groups in total. The maximum absolute atomic E-state index is 12.4. The van der Waals surface area contributed by atoms with Gasteiger partial charge in [-0.05, 0) is 37.5 Å². The van der Waals surface area contributed by atoms with Crippen LogP contribution in [0.2, 0.25) is 0 Å². The first-order chi connectivity index (χ1) is 14.0. The second kappa shape index (κ2) is 10.0. The van der Waals surface area contributed by atoms with Crippen molar-refractivity contribution < 1.29 is 9.72 Å². The first-order valence-corrected chi connectivity index (χ1v) is 10.1. The van der Waals surface area contributed by atoms with E-state index in [0.717, 1.165) is 44.7 Å². The van der Waals surface area contributed by atoms with Gasteiger partial charge >= 0.3 is 0 Å². The van der Waals surface area contributed by atoms with Gasteiger partial charge in [-0.3, -0.25) is 19.8 Å². The van der Waals surface area contributed by atoms with Gasteiger partial charge in [0, 0.05) is 50.0 Å². The van der Waals surface area contributed by atoms with Gasteiger partial charge in [0.05, 0.1) is 11.5 Å². The number of nitrogens with zero attached hydrogens (tertiary/aromatic N) is 3. The van der Waals surface area contributed by atoms with Crippen molar-refractivity contribution in [3.8, 4) is 0 Å². The third-order valence-corrected chi connectivity index (χ3v) is 5.28. The van der Waals surface area contributed by atoms with E-state index in [1.54, 1.807) is 12.1 Å². The number of hydrogen-bond donors (Lipinski definition) is 1. The quantitative estimate of drug-likeness (QED) is 0.548. The zero-order valence-electron chi connectivity index (χ0n) is 16.8. The maximum atomic E-state index is 12.4. The van der Waals surface area contributed by atoms with Crippen molar-refractivity contribution in [2.24, 2.45) is 0 Å². The van der Waals surface area contributed by atoms with E-state index in [1.807, 2.05) is 25.1 Å². The molecule has 1 fully saturated rings. The number of non-ortho nitro benzene ring substituents is 1. The number of carbonyl (C=O) groups excluding carboxylic acids is 1. The van der Waals surface area contributed by atoms with Crippen LogP contribution in [0.5, 0.6) is 0 Å². The standard InChI is InChI=1S/C22H28N4O3/c1-18(7-8-19-5-3-2-4-6-19)23-22(27)17-24-13-15-25(16-14-24)20-9-11-21(12-10-20)26(28)29/h2-6,9-12,18H,7-8,13-17H2,1H3,(H,23,27)/t18-/m1/s1. The van der Waals surface area contributed by atoms with E-state index >= 15 is 0 Å². The van der Waals surface area contributed by atoms with Crippen molar-refractivity contribution >= 4 is 17.3 Å². The van der Waals surface area contributed by atoms with Crippen LogP contribution in [0, 0.1) is 10.1 Å². The van der Waals surface area contributed by atoms with E-state index in [0.29, 0.717) is 6.54 Å². The highest BCUT2D eigenvalue weighted by Crippen LogP contribution is 2.20. The smallest absolute Gasteiger partial charge is 0.269 e. The number of rotatable bonds is 8. The molecule has 1 aliphatic rings. The lowest BCUT2D eigenvalue weighted by Gasteiger charge is -2.35. The van der Waals surface area contributed by atoms with Gasteiger partial charge in [0.2, 0.25) is 5.91 Å². The molecule has 3 rings (SSSR count). The fraction of sp³-hybridized carbons (Fsp3) is 0.409. The Bertz CT molecular complexity index is 803. The molecule has 0 saturated carbocycles. The minimum atomic E-state index is -0.388. The molecule has 1 atom stereocenters. The van der Waals surface area contributed by atoms with Crippen LogP contribution in [0.25, 0.3) is 0 Å². The van der Waals surface area contributed by atoms with E-state index in [9.17, 15) is 14.9 Å². The summed E-state index contributed by atoms with van der Waals surface area (Å²) in [7, 11) is 0. The summed E-state index contributed by atoms with van der Waals surface area (Å²) in [5.41, 5.74) is 2.37. The third kappa shape index (κ3) is 6.29. The highest BCUT2D eigenvalue weighted by atomic mass is 16.6. The normalized spacial score (nSPS) is 15.7. The highest BCUT2D eigenvalue weighted by molar-refractivity contribution is 5.78. The van der Waals surface area contributed by atoms with Crippen LogP contribution < -0.4 is 10.2 Å². The molecule has 1 aliphatic heterocycles. The van der Waals surface area contributed by atoms with Crippen LogP contribution in [0.15, 0.2) is 54.6 Å². The lowest BCUT2D eigenvalue weighted by Crippen LogP contribution is -2.50. The van der Waals surface area contributed by atoms with Gasteiger partial charge in [0.25, 0.3) is 5.69 Å². The van der Waals surface area contributed by atoms with E-state index in [-0.39, 0.29) is 22.6 Å². The summed E-state index contributed by atoms with van der Waals surface area (Å²) in [5, 5.41) is 13.9. The minimum Gasteiger partial charge on any atom is -0.369 e. The van der Waals surface area contributed by atoms with Gasteiger partial charge in [-0.25, -0.2) is 0 Å². The fourth-order valence-corrected chi connectivity index (χ4v) is 3.57. The van der Waals surface area contributed by atoms with Gasteiger partial charge in [-0.15, -0.1) is 0 Å². The van der Waals surface area contributed by atoms with E-state index in [1.165, 1.54) is 17.7 Å². The van der Waals surface area contributed by atoms with Crippen molar-refractivity contribution in [3.05, 3.63) is 70.3 Å². The minimum absolute atomic E-state index is 0.0642. The molecule has 29 heavy (non-hydrogen) atoms. The van der Waals surface area contributed by atoms with E-state index in [2.05, 4.69) is 27.2 Å². The van der Waals surface area contributed by atoms with Gasteiger partial charge in [-0.1, -0.05) is 30.3 Å². The Labute approximate surface area is 171 Å². The molecule has 7 heteroatoms. The predicted octanol–water partition coefficient (Wildman–Crippen LogP) is 2.85. The number of piperazine rings is 1. The van der Waals surface area contributed by atoms with Crippen molar-refractivity contribution in [2.45, 2.75) is 25.8 Å². The summed E-state index contributed by atoms with van der Waals surface area (Å²) in [6, 6.07) is 17.1. The second-order valence-electron chi connectivity index (χ2n) is 7.53. The zero-order valence-corrected chi connectivity index (χ0v) is 16.8. The predicted molar refractivity (Wildman–Crippen MR) is 114 cm³/mol. The number of nitro benzene ring substituents is 1. The molecule has 1 amide bonds. The van der Waals surface area contributed by atoms with Gasteiger partial charge < -0.3 is 10.2 Å². The van der Waals surface area contributed by atoms with Crippen molar-refractivity contribution in [1.82, 2.24) is 10.2 Å². The summed E-state index contributed by atoms with van der Waals surface area (Å²) in [4.78, 5) is 27.1. The Kier molecular flexibility index (Phi) is 7.19. The summed E-state index contributed by atoms with van der Waals surface area (Å²) in [6.07, 6.45) is 1.87. The van der Waals surface area contributed by atoms with Crippen LogP contribution in [0.1, 0.15) is 18.9 Å². The van der Waals surface area contributed by atoms with Crippen LogP contribution in [0.3, 0.4) is 0 Å². The van der Waals surface area contributed by atoms with Crippen LogP contribution in [0.4, 0.5) is 11.4 Å². The molecular weight excluding hydrogens is 368 g/mol. The van der Waals surface area contributed by atoms with Crippen molar-refractivity contribution in [2.75, 3.05) is 37.6 Å². The largest absolute Gasteiger partial charge is 0.369 e. The van der Waals surface area contributed by atoms with E-state index in [4.69, 9.17) is 0 Å². The molecule has 0 aromatic heterocycles. The fourth-order valence-electron chi connectivity index (χ4n) is 3.57. The topological polar surface area (TPSA) is 78.7 Å². The molecule has 154 valence electrons. The van der Waals surface area contributed by atoms with Gasteiger partial charge in [0.1, 0.15) is 0 Å². The molecule has 7 nitrogen and oxygen atoms in total.